The Morgan fingerprint density at radius 3 is 2.67 bits per heavy atom. The van der Waals surface area contributed by atoms with E-state index in [4.69, 9.17) is 0 Å². The van der Waals surface area contributed by atoms with E-state index < -0.39 is 6.36 Å². The number of aromatic nitrogens is 1. The monoisotopic (exact) mass is 327 g/mol. The molecule has 0 amide bonds. The fraction of sp³-hybridized carbons (Fsp3) is 0.111. The Hall–Kier alpha value is -0.920. The molecule has 0 spiro atoms. The molecular weight excluding hydrogens is 322 g/mol. The summed E-state index contributed by atoms with van der Waals surface area (Å²) >= 11 is 1.99. The van der Waals surface area contributed by atoms with Crippen LogP contribution in [0.15, 0.2) is 24.3 Å². The Labute approximate surface area is 96.6 Å². The molecule has 15 heavy (non-hydrogen) atoms. The number of alkyl halides is 3. The number of H-pyrrole nitrogens is 1. The minimum Gasteiger partial charge on any atom is -0.404 e. The van der Waals surface area contributed by atoms with Crippen LogP contribution in [-0.4, -0.2) is 11.3 Å². The number of ether oxygens (including phenoxy) is 1. The lowest BCUT2D eigenvalue weighted by molar-refractivity contribution is -0.274. The Kier molecular flexibility index (Phi) is 2.53. The fourth-order valence-electron chi connectivity index (χ4n) is 1.30. The van der Waals surface area contributed by atoms with Crippen molar-refractivity contribution in [3.63, 3.8) is 0 Å². The van der Waals surface area contributed by atoms with Crippen LogP contribution in [0.1, 0.15) is 0 Å². The summed E-state index contributed by atoms with van der Waals surface area (Å²) in [7, 11) is 0. The highest BCUT2D eigenvalue weighted by molar-refractivity contribution is 14.1. The fourth-order valence-corrected chi connectivity index (χ4v) is 1.91. The zero-order valence-corrected chi connectivity index (χ0v) is 9.39. The van der Waals surface area contributed by atoms with Gasteiger partial charge >= 0.3 is 6.36 Å². The van der Waals surface area contributed by atoms with Gasteiger partial charge in [-0.2, -0.15) is 0 Å². The maximum atomic E-state index is 12.0. The second-order valence-corrected chi connectivity index (χ2v) is 4.05. The maximum absolute atomic E-state index is 12.0. The molecule has 1 heterocycles. The molecule has 0 atom stereocenters. The molecule has 6 heteroatoms. The summed E-state index contributed by atoms with van der Waals surface area (Å²) in [5.41, 5.74) is 0.360. The van der Waals surface area contributed by atoms with Gasteiger partial charge in [0.05, 0.1) is 9.22 Å². The first-order valence-corrected chi connectivity index (χ1v) is 5.06. The predicted molar refractivity (Wildman–Crippen MR) is 57.7 cm³/mol. The quantitative estimate of drug-likeness (QED) is 0.795. The molecule has 1 N–H and O–H groups in total. The summed E-state index contributed by atoms with van der Waals surface area (Å²) in [5, 5.41) is 0.696. The number of benzene rings is 1. The first-order valence-electron chi connectivity index (χ1n) is 3.99. The molecule has 0 bridgehead atoms. The van der Waals surface area contributed by atoms with E-state index in [0.717, 1.165) is 3.70 Å². The lowest BCUT2D eigenvalue weighted by atomic mass is 10.2. The van der Waals surface area contributed by atoms with Crippen LogP contribution in [0.3, 0.4) is 0 Å². The van der Waals surface area contributed by atoms with Crippen molar-refractivity contribution in [2.75, 3.05) is 0 Å². The minimum atomic E-state index is -4.66. The summed E-state index contributed by atoms with van der Waals surface area (Å²) in [4.78, 5) is 2.81. The summed E-state index contributed by atoms with van der Waals surface area (Å²) in [6.45, 7) is 0. The number of aromatic amines is 1. The lowest BCUT2D eigenvalue weighted by Gasteiger charge is -2.09. The number of rotatable bonds is 1. The summed E-state index contributed by atoms with van der Waals surface area (Å²) in [5.74, 6) is -0.206. The molecule has 2 rings (SSSR count). The smallest absolute Gasteiger partial charge is 0.404 e. The normalized spacial score (nSPS) is 12.0. The van der Waals surface area contributed by atoms with E-state index in [0.29, 0.717) is 10.9 Å². The Morgan fingerprint density at radius 2 is 2.00 bits per heavy atom. The van der Waals surface area contributed by atoms with E-state index in [2.05, 4.69) is 9.72 Å². The molecule has 0 radical (unpaired) electrons. The van der Waals surface area contributed by atoms with Gasteiger partial charge < -0.3 is 9.72 Å². The zero-order chi connectivity index (χ0) is 11.1. The first-order chi connectivity index (χ1) is 6.96. The van der Waals surface area contributed by atoms with Crippen LogP contribution < -0.4 is 4.74 Å². The highest BCUT2D eigenvalue weighted by Gasteiger charge is 2.31. The molecule has 1 aromatic heterocycles. The summed E-state index contributed by atoms with van der Waals surface area (Å²) < 4.78 is 40.8. The molecule has 1 aromatic carbocycles. The topological polar surface area (TPSA) is 25.0 Å². The SMILES string of the molecule is FC(F)(F)Oc1cccc2cc(I)[nH]c12. The van der Waals surface area contributed by atoms with Crippen molar-refractivity contribution in [3.05, 3.63) is 28.0 Å². The number of halogens is 4. The van der Waals surface area contributed by atoms with Gasteiger partial charge in [0.1, 0.15) is 0 Å². The molecular formula is C9H5F3INO. The molecule has 0 aliphatic carbocycles. The van der Waals surface area contributed by atoms with E-state index in [9.17, 15) is 13.2 Å². The van der Waals surface area contributed by atoms with Crippen LogP contribution in [0, 0.1) is 3.70 Å². The minimum absolute atomic E-state index is 0.206. The van der Waals surface area contributed by atoms with Gasteiger partial charge in [-0.25, -0.2) is 0 Å². The second-order valence-electron chi connectivity index (χ2n) is 2.89. The van der Waals surface area contributed by atoms with Crippen molar-refractivity contribution < 1.29 is 17.9 Å². The number of hydrogen-bond donors (Lipinski definition) is 1. The number of fused-ring (bicyclic) bond motifs is 1. The van der Waals surface area contributed by atoms with E-state index >= 15 is 0 Å². The molecule has 0 unspecified atom stereocenters. The Balaban J connectivity index is 2.51. The summed E-state index contributed by atoms with van der Waals surface area (Å²) in [6, 6.07) is 6.27. The van der Waals surface area contributed by atoms with Gasteiger partial charge in [0.2, 0.25) is 0 Å². The molecule has 0 aliphatic heterocycles. The zero-order valence-electron chi connectivity index (χ0n) is 7.23. The van der Waals surface area contributed by atoms with E-state index in [1.807, 2.05) is 22.6 Å². The van der Waals surface area contributed by atoms with Crippen molar-refractivity contribution in [1.29, 1.82) is 0 Å². The predicted octanol–water partition coefficient (Wildman–Crippen LogP) is 3.67. The van der Waals surface area contributed by atoms with Gasteiger partial charge in [0.25, 0.3) is 0 Å². The van der Waals surface area contributed by atoms with Crippen LogP contribution in [0.5, 0.6) is 5.75 Å². The van der Waals surface area contributed by atoms with Crippen LogP contribution in [0.25, 0.3) is 10.9 Å². The van der Waals surface area contributed by atoms with E-state index in [1.165, 1.54) is 12.1 Å². The van der Waals surface area contributed by atoms with Gasteiger partial charge in [-0.3, -0.25) is 0 Å². The van der Waals surface area contributed by atoms with Crippen molar-refractivity contribution in [2.45, 2.75) is 6.36 Å². The first kappa shape index (κ1) is 10.6. The van der Waals surface area contributed by atoms with E-state index in [1.54, 1.807) is 12.1 Å². The standard InChI is InChI=1S/C9H5F3INO/c10-9(11,12)15-6-3-1-2-5-4-7(13)14-8(5)6/h1-4,14H. The molecule has 0 saturated carbocycles. The third-order valence-electron chi connectivity index (χ3n) is 1.81. The Bertz CT molecular complexity index is 492. The maximum Gasteiger partial charge on any atom is 0.573 e. The third kappa shape index (κ3) is 2.36. The average Bonchev–Trinajstić information content (AvgIpc) is 2.43. The van der Waals surface area contributed by atoms with Crippen LogP contribution in [-0.2, 0) is 0 Å². The van der Waals surface area contributed by atoms with Crippen molar-refractivity contribution >= 4 is 33.5 Å². The molecule has 2 nitrogen and oxygen atoms in total. The van der Waals surface area contributed by atoms with Crippen molar-refractivity contribution in [3.8, 4) is 5.75 Å². The number of hydrogen-bond acceptors (Lipinski definition) is 1. The largest absolute Gasteiger partial charge is 0.573 e. The van der Waals surface area contributed by atoms with Gasteiger partial charge in [0, 0.05) is 5.39 Å². The molecule has 80 valence electrons. The molecule has 0 aliphatic rings. The highest BCUT2D eigenvalue weighted by atomic mass is 127. The van der Waals surface area contributed by atoms with Gasteiger partial charge in [-0.15, -0.1) is 13.2 Å². The summed E-state index contributed by atoms with van der Waals surface area (Å²) in [6.07, 6.45) is -4.66. The number of nitrogens with one attached hydrogen (secondary N) is 1. The molecule has 0 fully saturated rings. The average molecular weight is 327 g/mol. The van der Waals surface area contributed by atoms with Crippen LogP contribution >= 0.6 is 22.6 Å². The number of para-hydroxylation sites is 1. The third-order valence-corrected chi connectivity index (χ3v) is 2.39. The van der Waals surface area contributed by atoms with Gasteiger partial charge in [-0.05, 0) is 34.7 Å². The molecule has 0 saturated heterocycles. The molecule has 2 aromatic rings. The van der Waals surface area contributed by atoms with Crippen LogP contribution in [0.2, 0.25) is 0 Å². The Morgan fingerprint density at radius 1 is 1.27 bits per heavy atom. The highest BCUT2D eigenvalue weighted by Crippen LogP contribution is 2.30. The van der Waals surface area contributed by atoms with Gasteiger partial charge in [0.15, 0.2) is 5.75 Å². The van der Waals surface area contributed by atoms with Gasteiger partial charge in [-0.1, -0.05) is 12.1 Å². The van der Waals surface area contributed by atoms with Crippen molar-refractivity contribution in [2.24, 2.45) is 0 Å². The second kappa shape index (κ2) is 3.58. The van der Waals surface area contributed by atoms with E-state index in [-0.39, 0.29) is 5.75 Å². The van der Waals surface area contributed by atoms with Crippen molar-refractivity contribution in [1.82, 2.24) is 4.98 Å². The van der Waals surface area contributed by atoms with Crippen LogP contribution in [0.4, 0.5) is 13.2 Å². The lowest BCUT2D eigenvalue weighted by Crippen LogP contribution is -2.17.